The monoisotopic (exact) mass is 416 g/mol. The Morgan fingerprint density at radius 3 is 3.14 bits per heavy atom. The van der Waals surface area contributed by atoms with Crippen LogP contribution in [-0.2, 0) is 11.3 Å². The summed E-state index contributed by atoms with van der Waals surface area (Å²) < 4.78 is 11.6. The standard InChI is InChI=1S/C14H13IN2O3S/c1-19-6-8-12(15)14(18)17-13(16-8)10-7-21-11-5-3-2-4-9(11)20-10/h2-5,10H,6-7H2,1H3,(H,16,17,18). The van der Waals surface area contributed by atoms with Gasteiger partial charge in [-0.25, -0.2) is 4.98 Å². The van der Waals surface area contributed by atoms with E-state index in [4.69, 9.17) is 9.47 Å². The molecule has 1 aromatic carbocycles. The molecule has 0 radical (unpaired) electrons. The normalized spacial score (nSPS) is 17.1. The van der Waals surface area contributed by atoms with Gasteiger partial charge in [-0.15, -0.1) is 11.8 Å². The van der Waals surface area contributed by atoms with Gasteiger partial charge in [-0.2, -0.15) is 0 Å². The van der Waals surface area contributed by atoms with Gasteiger partial charge in [0.15, 0.2) is 11.9 Å². The van der Waals surface area contributed by atoms with E-state index in [0.29, 0.717) is 27.4 Å². The van der Waals surface area contributed by atoms with Crippen molar-refractivity contribution in [1.29, 1.82) is 0 Å². The molecule has 1 atom stereocenters. The Kier molecular flexibility index (Phi) is 4.51. The van der Waals surface area contributed by atoms with Crippen molar-refractivity contribution in [1.82, 2.24) is 9.97 Å². The van der Waals surface area contributed by atoms with Crippen LogP contribution in [0.2, 0.25) is 0 Å². The molecule has 21 heavy (non-hydrogen) atoms. The number of para-hydroxylation sites is 1. The number of ether oxygens (including phenoxy) is 2. The first-order valence-corrected chi connectivity index (χ1v) is 8.41. The number of fused-ring (bicyclic) bond motifs is 1. The molecule has 0 spiro atoms. The fraction of sp³-hybridized carbons (Fsp3) is 0.286. The second kappa shape index (κ2) is 6.37. The van der Waals surface area contributed by atoms with Crippen molar-refractivity contribution in [3.8, 4) is 5.75 Å². The maximum atomic E-state index is 12.0. The average molecular weight is 416 g/mol. The molecule has 0 saturated heterocycles. The first-order chi connectivity index (χ1) is 10.2. The lowest BCUT2D eigenvalue weighted by molar-refractivity contribution is 0.177. The van der Waals surface area contributed by atoms with Gasteiger partial charge in [0.05, 0.1) is 12.3 Å². The Morgan fingerprint density at radius 1 is 1.52 bits per heavy atom. The van der Waals surface area contributed by atoms with E-state index in [1.54, 1.807) is 18.9 Å². The number of hydrogen-bond donors (Lipinski definition) is 1. The quantitative estimate of drug-likeness (QED) is 0.780. The molecule has 1 aliphatic heterocycles. The lowest BCUT2D eigenvalue weighted by Crippen LogP contribution is -2.25. The van der Waals surface area contributed by atoms with Crippen LogP contribution in [0.3, 0.4) is 0 Å². The molecule has 0 fully saturated rings. The molecule has 2 aromatic rings. The third-order valence-electron chi connectivity index (χ3n) is 3.04. The number of thioether (sulfide) groups is 1. The lowest BCUT2D eigenvalue weighted by Gasteiger charge is -2.25. The van der Waals surface area contributed by atoms with Crippen molar-refractivity contribution in [3.05, 3.63) is 49.7 Å². The van der Waals surface area contributed by atoms with Crippen LogP contribution >= 0.6 is 34.4 Å². The minimum absolute atomic E-state index is 0.153. The van der Waals surface area contributed by atoms with Crippen LogP contribution in [-0.4, -0.2) is 22.8 Å². The third kappa shape index (κ3) is 3.09. The molecule has 0 amide bonds. The third-order valence-corrected chi connectivity index (χ3v) is 5.27. The highest BCUT2D eigenvalue weighted by molar-refractivity contribution is 14.1. The van der Waals surface area contributed by atoms with Crippen LogP contribution in [0.15, 0.2) is 34.0 Å². The Labute approximate surface area is 139 Å². The summed E-state index contributed by atoms with van der Waals surface area (Å²) in [7, 11) is 1.59. The van der Waals surface area contributed by atoms with Gasteiger partial charge in [0.2, 0.25) is 0 Å². The van der Waals surface area contributed by atoms with Crippen molar-refractivity contribution in [2.24, 2.45) is 0 Å². The molecule has 2 heterocycles. The maximum absolute atomic E-state index is 12.0. The van der Waals surface area contributed by atoms with Crippen molar-refractivity contribution in [2.75, 3.05) is 12.9 Å². The van der Waals surface area contributed by atoms with Gasteiger partial charge in [0, 0.05) is 17.8 Å². The molecule has 0 bridgehead atoms. The summed E-state index contributed by atoms with van der Waals surface area (Å²) in [4.78, 5) is 20.4. The van der Waals surface area contributed by atoms with Crippen molar-refractivity contribution >= 4 is 34.4 Å². The summed E-state index contributed by atoms with van der Waals surface area (Å²) in [5.41, 5.74) is 0.490. The minimum atomic E-state index is -0.259. The second-order valence-electron chi connectivity index (χ2n) is 4.51. The van der Waals surface area contributed by atoms with E-state index in [1.807, 2.05) is 46.9 Å². The molecule has 7 heteroatoms. The van der Waals surface area contributed by atoms with Crippen LogP contribution in [0.1, 0.15) is 17.6 Å². The SMILES string of the molecule is COCc1nc(C2CSc3ccccc3O2)[nH]c(=O)c1I. The predicted molar refractivity (Wildman–Crippen MR) is 88.8 cm³/mol. The number of rotatable bonds is 3. The summed E-state index contributed by atoms with van der Waals surface area (Å²) >= 11 is 3.68. The smallest absolute Gasteiger partial charge is 0.264 e. The summed E-state index contributed by atoms with van der Waals surface area (Å²) in [6.45, 7) is 0.311. The first kappa shape index (κ1) is 14.9. The van der Waals surface area contributed by atoms with Gasteiger partial charge >= 0.3 is 0 Å². The number of nitrogens with one attached hydrogen (secondary N) is 1. The Morgan fingerprint density at radius 2 is 2.33 bits per heavy atom. The van der Waals surface area contributed by atoms with Crippen LogP contribution < -0.4 is 10.3 Å². The summed E-state index contributed by atoms with van der Waals surface area (Å²) in [6.07, 6.45) is -0.259. The Bertz CT molecular complexity index is 720. The number of benzene rings is 1. The number of halogens is 1. The van der Waals surface area contributed by atoms with E-state index in [0.717, 1.165) is 10.6 Å². The fourth-order valence-corrected chi connectivity index (χ4v) is 3.46. The van der Waals surface area contributed by atoms with E-state index in [-0.39, 0.29) is 11.7 Å². The predicted octanol–water partition coefficient (Wildman–Crippen LogP) is 2.75. The zero-order valence-electron chi connectivity index (χ0n) is 11.3. The van der Waals surface area contributed by atoms with E-state index in [2.05, 4.69) is 9.97 Å². The Balaban J connectivity index is 1.93. The first-order valence-electron chi connectivity index (χ1n) is 6.35. The van der Waals surface area contributed by atoms with E-state index in [1.165, 1.54) is 0 Å². The molecular weight excluding hydrogens is 403 g/mol. The van der Waals surface area contributed by atoms with Gasteiger partial charge < -0.3 is 14.5 Å². The van der Waals surface area contributed by atoms with Gasteiger partial charge in [-0.05, 0) is 34.7 Å². The highest BCUT2D eigenvalue weighted by Crippen LogP contribution is 2.39. The second-order valence-corrected chi connectivity index (χ2v) is 6.65. The maximum Gasteiger partial charge on any atom is 0.264 e. The molecule has 1 N–H and O–H groups in total. The van der Waals surface area contributed by atoms with Crippen LogP contribution in [0.4, 0.5) is 0 Å². The fourth-order valence-electron chi connectivity index (χ4n) is 2.06. The summed E-state index contributed by atoms with van der Waals surface area (Å²) in [5, 5.41) is 0. The average Bonchev–Trinajstić information content (AvgIpc) is 2.51. The molecule has 110 valence electrons. The van der Waals surface area contributed by atoms with Crippen molar-refractivity contribution < 1.29 is 9.47 Å². The zero-order valence-corrected chi connectivity index (χ0v) is 14.2. The van der Waals surface area contributed by atoms with E-state index in [9.17, 15) is 4.79 Å². The van der Waals surface area contributed by atoms with Gasteiger partial charge in [0.1, 0.15) is 9.32 Å². The zero-order chi connectivity index (χ0) is 14.8. The number of H-pyrrole nitrogens is 1. The minimum Gasteiger partial charge on any atom is -0.480 e. The molecule has 3 rings (SSSR count). The molecule has 0 saturated carbocycles. The summed E-state index contributed by atoms with van der Waals surface area (Å²) in [5.74, 6) is 2.09. The highest BCUT2D eigenvalue weighted by atomic mass is 127. The molecule has 1 aromatic heterocycles. The van der Waals surface area contributed by atoms with Crippen LogP contribution in [0.5, 0.6) is 5.75 Å². The molecule has 1 unspecified atom stereocenters. The van der Waals surface area contributed by atoms with Crippen molar-refractivity contribution in [3.63, 3.8) is 0 Å². The van der Waals surface area contributed by atoms with E-state index < -0.39 is 0 Å². The summed E-state index contributed by atoms with van der Waals surface area (Å²) in [6, 6.07) is 7.87. The van der Waals surface area contributed by atoms with Gasteiger partial charge in [0.25, 0.3) is 5.56 Å². The highest BCUT2D eigenvalue weighted by Gasteiger charge is 2.24. The molecule has 1 aliphatic rings. The number of nitrogens with zero attached hydrogens (tertiary/aromatic N) is 1. The number of aromatic amines is 1. The molecule has 0 aliphatic carbocycles. The van der Waals surface area contributed by atoms with Gasteiger partial charge in [-0.1, -0.05) is 12.1 Å². The topological polar surface area (TPSA) is 64.2 Å². The van der Waals surface area contributed by atoms with Crippen LogP contribution in [0.25, 0.3) is 0 Å². The number of aromatic nitrogens is 2. The lowest BCUT2D eigenvalue weighted by atomic mass is 10.3. The van der Waals surface area contributed by atoms with Crippen molar-refractivity contribution in [2.45, 2.75) is 17.6 Å². The number of hydrogen-bond acceptors (Lipinski definition) is 5. The molecule has 5 nitrogen and oxygen atoms in total. The van der Waals surface area contributed by atoms with Gasteiger partial charge in [-0.3, -0.25) is 4.79 Å². The largest absolute Gasteiger partial charge is 0.480 e. The Hall–Kier alpha value is -1.06. The number of methoxy groups -OCH3 is 1. The molecular formula is C14H13IN2O3S. The van der Waals surface area contributed by atoms with Crippen LogP contribution in [0, 0.1) is 3.57 Å². The van der Waals surface area contributed by atoms with E-state index >= 15 is 0 Å².